The maximum atomic E-state index is 11.2. The number of carbonyl (C=O) groups is 1. The Hall–Kier alpha value is -1.71. The van der Waals surface area contributed by atoms with Crippen molar-refractivity contribution in [1.82, 2.24) is 5.32 Å². The van der Waals surface area contributed by atoms with Crippen LogP contribution in [0.15, 0.2) is 23.2 Å². The van der Waals surface area contributed by atoms with Crippen LogP contribution in [0.1, 0.15) is 19.4 Å². The van der Waals surface area contributed by atoms with E-state index in [1.165, 1.54) is 0 Å². The standard InChI is InChI=1S/C15H24N4O3.HI/c1-15(2,13(16)20)9-19-14(17)18-8-10-5-6-11(21-3)12(7-10)22-4;/h5-7H,8-9H2,1-4H3,(H2,16,20)(H3,17,18,19);1H. The fourth-order valence-electron chi connectivity index (χ4n) is 1.61. The Bertz CT molecular complexity index is 562. The maximum absolute atomic E-state index is 11.2. The quantitative estimate of drug-likeness (QED) is 0.338. The molecule has 0 spiro atoms. The second kappa shape index (κ2) is 9.43. The summed E-state index contributed by atoms with van der Waals surface area (Å²) < 4.78 is 10.4. The number of carbonyl (C=O) groups excluding carboxylic acids is 1. The van der Waals surface area contributed by atoms with E-state index in [1.54, 1.807) is 28.1 Å². The summed E-state index contributed by atoms with van der Waals surface area (Å²) in [5, 5.41) is 2.90. The maximum Gasteiger partial charge on any atom is 0.224 e. The van der Waals surface area contributed by atoms with Crippen LogP contribution >= 0.6 is 24.0 Å². The van der Waals surface area contributed by atoms with Gasteiger partial charge in [-0.2, -0.15) is 0 Å². The molecule has 0 atom stereocenters. The summed E-state index contributed by atoms with van der Waals surface area (Å²) in [7, 11) is 3.16. The molecule has 1 amide bonds. The van der Waals surface area contributed by atoms with E-state index in [-0.39, 0.29) is 29.9 Å². The van der Waals surface area contributed by atoms with Crippen molar-refractivity contribution in [2.75, 3.05) is 20.8 Å². The predicted molar refractivity (Wildman–Crippen MR) is 101 cm³/mol. The molecule has 0 aromatic heterocycles. The first kappa shape index (κ1) is 21.3. The number of guanidine groups is 1. The van der Waals surface area contributed by atoms with Crippen LogP contribution in [0.2, 0.25) is 0 Å². The SMILES string of the molecule is COc1ccc(CN=C(N)NCC(C)(C)C(N)=O)cc1OC.I. The minimum atomic E-state index is -0.691. The molecule has 0 saturated heterocycles. The van der Waals surface area contributed by atoms with Gasteiger partial charge in [-0.3, -0.25) is 4.79 Å². The molecule has 0 bridgehead atoms. The second-order valence-corrected chi connectivity index (χ2v) is 5.49. The van der Waals surface area contributed by atoms with Crippen LogP contribution in [0.4, 0.5) is 0 Å². The summed E-state index contributed by atoms with van der Waals surface area (Å²) in [5.41, 5.74) is 11.3. The monoisotopic (exact) mass is 436 g/mol. The number of hydrogen-bond acceptors (Lipinski definition) is 4. The van der Waals surface area contributed by atoms with Gasteiger partial charge in [0.25, 0.3) is 0 Å². The summed E-state index contributed by atoms with van der Waals surface area (Å²) >= 11 is 0. The highest BCUT2D eigenvalue weighted by Crippen LogP contribution is 2.27. The van der Waals surface area contributed by atoms with Crippen molar-refractivity contribution in [2.24, 2.45) is 21.9 Å². The van der Waals surface area contributed by atoms with Crippen molar-refractivity contribution in [2.45, 2.75) is 20.4 Å². The van der Waals surface area contributed by atoms with Crippen molar-refractivity contribution in [3.05, 3.63) is 23.8 Å². The molecule has 7 nitrogen and oxygen atoms in total. The van der Waals surface area contributed by atoms with Gasteiger partial charge >= 0.3 is 0 Å². The molecule has 130 valence electrons. The highest BCUT2D eigenvalue weighted by Gasteiger charge is 2.24. The number of aliphatic imine (C=N–C) groups is 1. The van der Waals surface area contributed by atoms with Crippen molar-refractivity contribution in [3.63, 3.8) is 0 Å². The molecule has 0 aliphatic rings. The van der Waals surface area contributed by atoms with Gasteiger partial charge in [0, 0.05) is 6.54 Å². The summed E-state index contributed by atoms with van der Waals surface area (Å²) in [5.74, 6) is 1.15. The largest absolute Gasteiger partial charge is 0.493 e. The van der Waals surface area contributed by atoms with E-state index in [2.05, 4.69) is 10.3 Å². The number of benzene rings is 1. The molecular weight excluding hydrogens is 411 g/mol. The summed E-state index contributed by atoms with van der Waals surface area (Å²) in [6.07, 6.45) is 0. The number of nitrogens with zero attached hydrogens (tertiary/aromatic N) is 1. The van der Waals surface area contributed by atoms with E-state index >= 15 is 0 Å². The van der Waals surface area contributed by atoms with Gasteiger partial charge in [-0.1, -0.05) is 6.07 Å². The first-order valence-electron chi connectivity index (χ1n) is 6.84. The predicted octanol–water partition coefficient (Wildman–Crippen LogP) is 1.24. The highest BCUT2D eigenvalue weighted by molar-refractivity contribution is 14.0. The Morgan fingerprint density at radius 2 is 1.83 bits per heavy atom. The Balaban J connectivity index is 0.00000484. The van der Waals surface area contributed by atoms with Crippen LogP contribution in [0.5, 0.6) is 11.5 Å². The number of hydrogen-bond donors (Lipinski definition) is 3. The Kier molecular flexibility index (Phi) is 8.73. The lowest BCUT2D eigenvalue weighted by molar-refractivity contribution is -0.125. The molecule has 0 saturated carbocycles. The fourth-order valence-corrected chi connectivity index (χ4v) is 1.61. The lowest BCUT2D eigenvalue weighted by Crippen LogP contribution is -2.44. The minimum Gasteiger partial charge on any atom is -0.493 e. The number of methoxy groups -OCH3 is 2. The van der Waals surface area contributed by atoms with Gasteiger partial charge in [0.05, 0.1) is 26.2 Å². The second-order valence-electron chi connectivity index (χ2n) is 5.49. The van der Waals surface area contributed by atoms with Crippen molar-refractivity contribution in [3.8, 4) is 11.5 Å². The zero-order valence-electron chi connectivity index (χ0n) is 13.9. The van der Waals surface area contributed by atoms with Gasteiger partial charge in [0.2, 0.25) is 5.91 Å². The molecular formula is C15H25IN4O3. The topological polar surface area (TPSA) is 112 Å². The number of halogens is 1. The van der Waals surface area contributed by atoms with E-state index in [0.29, 0.717) is 24.6 Å². The Labute approximate surface area is 153 Å². The number of amides is 1. The van der Waals surface area contributed by atoms with E-state index in [1.807, 2.05) is 18.2 Å². The molecule has 0 aliphatic carbocycles. The number of ether oxygens (including phenoxy) is 2. The zero-order chi connectivity index (χ0) is 16.8. The smallest absolute Gasteiger partial charge is 0.224 e. The molecule has 0 aliphatic heterocycles. The van der Waals surface area contributed by atoms with Crippen molar-refractivity contribution < 1.29 is 14.3 Å². The van der Waals surface area contributed by atoms with E-state index in [4.69, 9.17) is 20.9 Å². The van der Waals surface area contributed by atoms with E-state index < -0.39 is 11.3 Å². The first-order valence-corrected chi connectivity index (χ1v) is 6.84. The van der Waals surface area contributed by atoms with Crippen LogP contribution in [-0.2, 0) is 11.3 Å². The van der Waals surface area contributed by atoms with Gasteiger partial charge in [-0.05, 0) is 31.5 Å². The molecule has 0 fully saturated rings. The Morgan fingerprint density at radius 1 is 1.22 bits per heavy atom. The number of rotatable bonds is 7. The molecule has 1 aromatic carbocycles. The van der Waals surface area contributed by atoms with Crippen LogP contribution in [0.3, 0.4) is 0 Å². The summed E-state index contributed by atoms with van der Waals surface area (Å²) in [6.45, 7) is 4.19. The van der Waals surface area contributed by atoms with Gasteiger partial charge in [0.15, 0.2) is 17.5 Å². The molecule has 23 heavy (non-hydrogen) atoms. The normalized spacial score (nSPS) is 11.4. The lowest BCUT2D eigenvalue weighted by Gasteiger charge is -2.20. The molecule has 0 radical (unpaired) electrons. The average molecular weight is 436 g/mol. The molecule has 8 heteroatoms. The van der Waals surface area contributed by atoms with Gasteiger partial charge in [0.1, 0.15) is 0 Å². The van der Waals surface area contributed by atoms with E-state index in [9.17, 15) is 4.79 Å². The molecule has 5 N–H and O–H groups in total. The summed E-state index contributed by atoms with van der Waals surface area (Å²) in [6, 6.07) is 5.53. The van der Waals surface area contributed by atoms with Crippen molar-refractivity contribution in [1.29, 1.82) is 0 Å². The third-order valence-corrected chi connectivity index (χ3v) is 3.26. The summed E-state index contributed by atoms with van der Waals surface area (Å²) in [4.78, 5) is 15.4. The number of nitrogens with two attached hydrogens (primary N) is 2. The third kappa shape index (κ3) is 6.51. The van der Waals surface area contributed by atoms with Crippen LogP contribution in [0.25, 0.3) is 0 Å². The van der Waals surface area contributed by atoms with Gasteiger partial charge in [-0.25, -0.2) is 4.99 Å². The van der Waals surface area contributed by atoms with Crippen molar-refractivity contribution >= 4 is 35.8 Å². The fraction of sp³-hybridized carbons (Fsp3) is 0.467. The highest BCUT2D eigenvalue weighted by atomic mass is 127. The number of primary amides is 1. The average Bonchev–Trinajstić information content (AvgIpc) is 2.50. The molecule has 0 heterocycles. The molecule has 0 unspecified atom stereocenters. The lowest BCUT2D eigenvalue weighted by atomic mass is 9.93. The van der Waals surface area contributed by atoms with Gasteiger partial charge < -0.3 is 26.3 Å². The minimum absolute atomic E-state index is 0. The van der Waals surface area contributed by atoms with Crippen LogP contribution < -0.4 is 26.3 Å². The van der Waals surface area contributed by atoms with Crippen LogP contribution in [0, 0.1) is 5.41 Å². The third-order valence-electron chi connectivity index (χ3n) is 3.26. The van der Waals surface area contributed by atoms with Gasteiger partial charge in [-0.15, -0.1) is 24.0 Å². The Morgan fingerprint density at radius 3 is 2.35 bits per heavy atom. The van der Waals surface area contributed by atoms with Crippen LogP contribution in [-0.4, -0.2) is 32.6 Å². The zero-order valence-corrected chi connectivity index (χ0v) is 16.2. The van der Waals surface area contributed by atoms with E-state index in [0.717, 1.165) is 5.56 Å². The molecule has 1 aromatic rings. The first-order chi connectivity index (χ1) is 10.3. The molecule has 1 rings (SSSR count). The number of nitrogens with one attached hydrogen (secondary N) is 1.